The molecule has 0 bridgehead atoms. The number of nitrogens with two attached hydrogens (primary N) is 1. The molecule has 5 heteroatoms. The van der Waals surface area contributed by atoms with Crippen molar-refractivity contribution in [1.82, 2.24) is 4.90 Å². The van der Waals surface area contributed by atoms with E-state index in [9.17, 15) is 4.79 Å². The van der Waals surface area contributed by atoms with Gasteiger partial charge in [-0.05, 0) is 48.2 Å². The molecule has 0 unspecified atom stereocenters. The Kier molecular flexibility index (Phi) is 4.94. The Morgan fingerprint density at radius 2 is 1.93 bits per heavy atom. The Balaban J connectivity index is 1.42. The van der Waals surface area contributed by atoms with Gasteiger partial charge in [0.15, 0.2) is 0 Å². The second-order valence-electron chi connectivity index (χ2n) is 7.31. The van der Waals surface area contributed by atoms with Crippen molar-refractivity contribution in [1.29, 1.82) is 0 Å². The van der Waals surface area contributed by atoms with Crippen LogP contribution < -0.4 is 10.5 Å². The third-order valence-corrected chi connectivity index (χ3v) is 5.93. The lowest BCUT2D eigenvalue weighted by Gasteiger charge is -2.38. The topological polar surface area (TPSA) is 55.6 Å². The summed E-state index contributed by atoms with van der Waals surface area (Å²) < 4.78 is 5.93. The van der Waals surface area contributed by atoms with E-state index in [0.29, 0.717) is 18.2 Å². The van der Waals surface area contributed by atoms with Crippen LogP contribution in [0.15, 0.2) is 48.5 Å². The second-order valence-corrected chi connectivity index (χ2v) is 7.75. The summed E-state index contributed by atoms with van der Waals surface area (Å²) in [6.07, 6.45) is 5.31. The molecule has 0 aromatic heterocycles. The predicted octanol–water partition coefficient (Wildman–Crippen LogP) is 3.76. The fourth-order valence-electron chi connectivity index (χ4n) is 3.95. The highest BCUT2D eigenvalue weighted by molar-refractivity contribution is 6.30. The van der Waals surface area contributed by atoms with Crippen LogP contribution in [0.1, 0.15) is 29.5 Å². The van der Waals surface area contributed by atoms with Crippen molar-refractivity contribution in [3.8, 4) is 5.75 Å². The SMILES string of the molecule is NCc1ccc2c(c1)C1(CCN(C(=O)C=Cc3ccc(Cl)cc3)CC1)CO2. The zero-order valence-electron chi connectivity index (χ0n) is 15.2. The number of carbonyl (C=O) groups is 1. The zero-order chi connectivity index (χ0) is 18.9. The van der Waals surface area contributed by atoms with Crippen molar-refractivity contribution in [2.45, 2.75) is 24.8 Å². The Labute approximate surface area is 164 Å². The van der Waals surface area contributed by atoms with Gasteiger partial charge in [0.2, 0.25) is 5.91 Å². The molecule has 0 saturated carbocycles. The highest BCUT2D eigenvalue weighted by Crippen LogP contribution is 2.45. The molecule has 1 amide bonds. The van der Waals surface area contributed by atoms with Gasteiger partial charge in [-0.1, -0.05) is 35.9 Å². The van der Waals surface area contributed by atoms with Gasteiger partial charge in [0.25, 0.3) is 0 Å². The summed E-state index contributed by atoms with van der Waals surface area (Å²) in [6, 6.07) is 13.7. The molecule has 0 radical (unpaired) electrons. The maximum atomic E-state index is 12.6. The van der Waals surface area contributed by atoms with E-state index in [1.807, 2.05) is 47.4 Å². The first-order valence-electron chi connectivity index (χ1n) is 9.28. The summed E-state index contributed by atoms with van der Waals surface area (Å²) in [5.41, 5.74) is 9.17. The van der Waals surface area contributed by atoms with Crippen LogP contribution in [0.2, 0.25) is 5.02 Å². The minimum atomic E-state index is 0.0111. The maximum absolute atomic E-state index is 12.6. The number of halogens is 1. The molecule has 2 aromatic carbocycles. The van der Waals surface area contributed by atoms with E-state index in [1.165, 1.54) is 5.56 Å². The van der Waals surface area contributed by atoms with Crippen LogP contribution in [0.5, 0.6) is 5.75 Å². The Morgan fingerprint density at radius 1 is 1.19 bits per heavy atom. The number of hydrogen-bond acceptors (Lipinski definition) is 3. The summed E-state index contributed by atoms with van der Waals surface area (Å²) in [5, 5.41) is 0.691. The third-order valence-electron chi connectivity index (χ3n) is 5.68. The fourth-order valence-corrected chi connectivity index (χ4v) is 4.08. The highest BCUT2D eigenvalue weighted by atomic mass is 35.5. The van der Waals surface area contributed by atoms with Gasteiger partial charge in [0, 0.05) is 41.7 Å². The quantitative estimate of drug-likeness (QED) is 0.822. The smallest absolute Gasteiger partial charge is 0.246 e. The number of likely N-dealkylation sites (tertiary alicyclic amines) is 1. The Bertz CT molecular complexity index is 868. The largest absolute Gasteiger partial charge is 0.492 e. The zero-order valence-corrected chi connectivity index (χ0v) is 15.9. The molecule has 0 atom stereocenters. The van der Waals surface area contributed by atoms with Gasteiger partial charge in [-0.3, -0.25) is 4.79 Å². The van der Waals surface area contributed by atoms with E-state index in [0.717, 1.165) is 42.8 Å². The van der Waals surface area contributed by atoms with Crippen molar-refractivity contribution in [3.63, 3.8) is 0 Å². The predicted molar refractivity (Wildman–Crippen MR) is 108 cm³/mol. The number of fused-ring (bicyclic) bond motifs is 2. The highest BCUT2D eigenvalue weighted by Gasteiger charge is 2.43. The molecule has 1 fully saturated rings. The third kappa shape index (κ3) is 3.60. The maximum Gasteiger partial charge on any atom is 0.246 e. The molecular formula is C22H23ClN2O2. The monoisotopic (exact) mass is 382 g/mol. The van der Waals surface area contributed by atoms with E-state index in [2.05, 4.69) is 6.07 Å². The molecule has 140 valence electrons. The number of carbonyl (C=O) groups excluding carboxylic acids is 1. The van der Waals surface area contributed by atoms with Crippen LogP contribution in [0.3, 0.4) is 0 Å². The van der Waals surface area contributed by atoms with Crippen LogP contribution in [0.4, 0.5) is 0 Å². The summed E-state index contributed by atoms with van der Waals surface area (Å²) in [5.74, 6) is 1.02. The van der Waals surface area contributed by atoms with Crippen LogP contribution in [-0.2, 0) is 16.8 Å². The number of amides is 1. The molecule has 27 heavy (non-hydrogen) atoms. The van der Waals surface area contributed by atoms with E-state index in [1.54, 1.807) is 6.08 Å². The number of rotatable bonds is 3. The Morgan fingerprint density at radius 3 is 2.63 bits per heavy atom. The van der Waals surface area contributed by atoms with Gasteiger partial charge in [0.05, 0.1) is 6.61 Å². The molecule has 2 aromatic rings. The standard InChI is InChI=1S/C22H23ClN2O2/c23-18-5-1-16(2-6-18)4-8-21(26)25-11-9-22(10-12-25)15-27-20-7-3-17(14-24)13-19(20)22/h1-8,13H,9-12,14-15,24H2. The lowest BCUT2D eigenvalue weighted by Crippen LogP contribution is -2.45. The van der Waals surface area contributed by atoms with Gasteiger partial charge in [0.1, 0.15) is 5.75 Å². The summed E-state index contributed by atoms with van der Waals surface area (Å²) in [4.78, 5) is 14.5. The minimum Gasteiger partial charge on any atom is -0.492 e. The van der Waals surface area contributed by atoms with E-state index < -0.39 is 0 Å². The van der Waals surface area contributed by atoms with E-state index in [-0.39, 0.29) is 11.3 Å². The first-order valence-corrected chi connectivity index (χ1v) is 9.66. The van der Waals surface area contributed by atoms with Gasteiger partial charge in [-0.2, -0.15) is 0 Å². The Hall–Kier alpha value is -2.30. The molecule has 2 N–H and O–H groups in total. The average Bonchev–Trinajstić information content (AvgIpc) is 3.05. The van der Waals surface area contributed by atoms with Crippen molar-refractivity contribution < 1.29 is 9.53 Å². The average molecular weight is 383 g/mol. The second kappa shape index (κ2) is 7.37. The molecule has 2 aliphatic heterocycles. The number of ether oxygens (including phenoxy) is 1. The van der Waals surface area contributed by atoms with Crippen LogP contribution in [0, 0.1) is 0 Å². The number of nitrogens with zero attached hydrogens (tertiary/aromatic N) is 1. The normalized spacial score (nSPS) is 17.9. The van der Waals surface area contributed by atoms with Gasteiger partial charge >= 0.3 is 0 Å². The van der Waals surface area contributed by atoms with Crippen molar-refractivity contribution in [2.24, 2.45) is 5.73 Å². The molecule has 1 spiro atoms. The molecule has 1 saturated heterocycles. The fraction of sp³-hybridized carbons (Fsp3) is 0.318. The van der Waals surface area contributed by atoms with Gasteiger partial charge in [-0.15, -0.1) is 0 Å². The van der Waals surface area contributed by atoms with Crippen molar-refractivity contribution in [3.05, 3.63) is 70.3 Å². The molecule has 4 rings (SSSR count). The summed E-state index contributed by atoms with van der Waals surface area (Å²) in [6.45, 7) is 2.70. The van der Waals surface area contributed by atoms with E-state index >= 15 is 0 Å². The van der Waals surface area contributed by atoms with E-state index in [4.69, 9.17) is 22.1 Å². The number of benzene rings is 2. The molecule has 2 heterocycles. The van der Waals surface area contributed by atoms with Crippen molar-refractivity contribution in [2.75, 3.05) is 19.7 Å². The number of hydrogen-bond donors (Lipinski definition) is 1. The lowest BCUT2D eigenvalue weighted by atomic mass is 9.74. The first kappa shape index (κ1) is 18.1. The van der Waals surface area contributed by atoms with Gasteiger partial charge < -0.3 is 15.4 Å². The molecule has 0 aliphatic carbocycles. The first-order chi connectivity index (χ1) is 13.1. The summed E-state index contributed by atoms with van der Waals surface area (Å²) in [7, 11) is 0. The number of piperidine rings is 1. The van der Waals surface area contributed by atoms with Crippen LogP contribution >= 0.6 is 11.6 Å². The minimum absolute atomic E-state index is 0.0111. The van der Waals surface area contributed by atoms with Gasteiger partial charge in [-0.25, -0.2) is 0 Å². The summed E-state index contributed by atoms with van der Waals surface area (Å²) >= 11 is 5.89. The van der Waals surface area contributed by atoms with Crippen molar-refractivity contribution >= 4 is 23.6 Å². The molecule has 4 nitrogen and oxygen atoms in total. The lowest BCUT2D eigenvalue weighted by molar-refractivity contribution is -0.127. The van der Waals surface area contributed by atoms with Crippen LogP contribution in [-0.4, -0.2) is 30.5 Å². The van der Waals surface area contributed by atoms with Crippen LogP contribution in [0.25, 0.3) is 6.08 Å². The molecule has 2 aliphatic rings. The molecular weight excluding hydrogens is 360 g/mol.